The van der Waals surface area contributed by atoms with Gasteiger partial charge in [0.05, 0.1) is 0 Å². The topological polar surface area (TPSA) is 40.5 Å². The smallest absolute Gasteiger partial charge is 0.254 e. The fourth-order valence-corrected chi connectivity index (χ4v) is 1.27. The summed E-state index contributed by atoms with van der Waals surface area (Å²) >= 11 is 0. The van der Waals surface area contributed by atoms with Crippen molar-refractivity contribution in [3.8, 4) is 0 Å². The van der Waals surface area contributed by atoms with Gasteiger partial charge in [-0.2, -0.15) is 0 Å². The van der Waals surface area contributed by atoms with Crippen LogP contribution in [0.15, 0.2) is 0 Å². The quantitative estimate of drug-likeness (QED) is 0.751. The van der Waals surface area contributed by atoms with Crippen LogP contribution in [0.1, 0.15) is 41.5 Å². The van der Waals surface area contributed by atoms with Gasteiger partial charge < -0.3 is 10.0 Å². The van der Waals surface area contributed by atoms with E-state index in [1.165, 1.54) is 13.8 Å². The SMILES string of the molecule is CC(C)CN(C(=O)C(C)(C)O)C(C)C. The van der Waals surface area contributed by atoms with E-state index in [0.717, 1.165) is 0 Å². The molecular weight excluding hydrogens is 178 g/mol. The van der Waals surface area contributed by atoms with Gasteiger partial charge in [0.1, 0.15) is 5.60 Å². The van der Waals surface area contributed by atoms with Crippen molar-refractivity contribution in [1.29, 1.82) is 0 Å². The summed E-state index contributed by atoms with van der Waals surface area (Å²) in [5, 5.41) is 9.63. The van der Waals surface area contributed by atoms with Crippen LogP contribution >= 0.6 is 0 Å². The molecule has 0 aliphatic rings. The van der Waals surface area contributed by atoms with Gasteiger partial charge in [0.25, 0.3) is 5.91 Å². The largest absolute Gasteiger partial charge is 0.381 e. The molecule has 0 atom stereocenters. The van der Waals surface area contributed by atoms with E-state index in [4.69, 9.17) is 0 Å². The van der Waals surface area contributed by atoms with Crippen molar-refractivity contribution in [1.82, 2.24) is 4.90 Å². The van der Waals surface area contributed by atoms with Gasteiger partial charge in [0.2, 0.25) is 0 Å². The Kier molecular flexibility index (Phi) is 4.59. The maximum absolute atomic E-state index is 11.8. The summed E-state index contributed by atoms with van der Waals surface area (Å²) in [6.07, 6.45) is 0. The van der Waals surface area contributed by atoms with Gasteiger partial charge in [-0.25, -0.2) is 0 Å². The zero-order chi connectivity index (χ0) is 11.5. The molecule has 1 amide bonds. The molecule has 0 bridgehead atoms. The Bertz CT molecular complexity index is 192. The second-order valence-electron chi connectivity index (χ2n) is 5.00. The molecule has 0 aliphatic carbocycles. The third-order valence-corrected chi connectivity index (χ3v) is 1.97. The van der Waals surface area contributed by atoms with E-state index in [2.05, 4.69) is 13.8 Å². The fourth-order valence-electron chi connectivity index (χ4n) is 1.27. The molecule has 0 aromatic heterocycles. The average Bonchev–Trinajstić information content (AvgIpc) is 1.96. The van der Waals surface area contributed by atoms with Gasteiger partial charge in [0, 0.05) is 12.6 Å². The van der Waals surface area contributed by atoms with E-state index in [9.17, 15) is 9.90 Å². The minimum Gasteiger partial charge on any atom is -0.381 e. The van der Waals surface area contributed by atoms with Crippen molar-refractivity contribution < 1.29 is 9.90 Å². The summed E-state index contributed by atoms with van der Waals surface area (Å²) in [6.45, 7) is 11.8. The number of amides is 1. The Labute approximate surface area is 87.1 Å². The molecule has 14 heavy (non-hydrogen) atoms. The Morgan fingerprint density at radius 2 is 1.71 bits per heavy atom. The number of carbonyl (C=O) groups excluding carboxylic acids is 1. The zero-order valence-electron chi connectivity index (χ0n) is 10.2. The van der Waals surface area contributed by atoms with Crippen LogP contribution in [0, 0.1) is 5.92 Å². The minimum atomic E-state index is -1.26. The van der Waals surface area contributed by atoms with E-state index in [1.54, 1.807) is 4.90 Å². The second-order valence-corrected chi connectivity index (χ2v) is 5.00. The molecule has 0 unspecified atom stereocenters. The Morgan fingerprint density at radius 1 is 1.29 bits per heavy atom. The van der Waals surface area contributed by atoms with Crippen molar-refractivity contribution in [3.63, 3.8) is 0 Å². The Balaban J connectivity index is 4.59. The number of hydrogen-bond donors (Lipinski definition) is 1. The first kappa shape index (κ1) is 13.4. The lowest BCUT2D eigenvalue weighted by Gasteiger charge is -2.33. The number of hydrogen-bond acceptors (Lipinski definition) is 2. The van der Waals surface area contributed by atoms with Gasteiger partial charge in [-0.3, -0.25) is 4.79 Å². The summed E-state index contributed by atoms with van der Waals surface area (Å²) in [5.41, 5.74) is -1.26. The van der Waals surface area contributed by atoms with Gasteiger partial charge >= 0.3 is 0 Å². The molecule has 0 aromatic carbocycles. The minimum absolute atomic E-state index is 0.135. The number of aliphatic hydroxyl groups is 1. The highest BCUT2D eigenvalue weighted by Crippen LogP contribution is 2.12. The Morgan fingerprint density at radius 3 is 1.93 bits per heavy atom. The van der Waals surface area contributed by atoms with Crippen molar-refractivity contribution >= 4 is 5.91 Å². The predicted molar refractivity (Wildman–Crippen MR) is 58.0 cm³/mol. The van der Waals surface area contributed by atoms with Crippen LogP contribution in [0.3, 0.4) is 0 Å². The first-order chi connectivity index (χ1) is 6.16. The predicted octanol–water partition coefficient (Wildman–Crippen LogP) is 1.65. The molecule has 0 heterocycles. The van der Waals surface area contributed by atoms with Gasteiger partial charge in [-0.05, 0) is 33.6 Å². The first-order valence-electron chi connectivity index (χ1n) is 5.19. The summed E-state index contributed by atoms with van der Waals surface area (Å²) < 4.78 is 0. The highest BCUT2D eigenvalue weighted by molar-refractivity contribution is 5.84. The van der Waals surface area contributed by atoms with Crippen LogP contribution in [0.5, 0.6) is 0 Å². The molecule has 1 N–H and O–H groups in total. The molecule has 0 saturated carbocycles. The molecule has 0 aromatic rings. The molecule has 3 heteroatoms. The van der Waals surface area contributed by atoms with E-state index in [0.29, 0.717) is 12.5 Å². The van der Waals surface area contributed by atoms with Crippen molar-refractivity contribution in [2.75, 3.05) is 6.54 Å². The molecule has 0 fully saturated rings. The molecule has 0 rings (SSSR count). The van der Waals surface area contributed by atoms with E-state index >= 15 is 0 Å². The molecule has 0 aliphatic heterocycles. The number of carbonyl (C=O) groups is 1. The highest BCUT2D eigenvalue weighted by atomic mass is 16.3. The highest BCUT2D eigenvalue weighted by Gasteiger charge is 2.30. The van der Waals surface area contributed by atoms with Gasteiger partial charge in [-0.1, -0.05) is 13.8 Å². The maximum atomic E-state index is 11.8. The fraction of sp³-hybridized carbons (Fsp3) is 0.909. The van der Waals surface area contributed by atoms with Crippen LogP contribution in [0.4, 0.5) is 0 Å². The lowest BCUT2D eigenvalue weighted by Crippen LogP contribution is -2.49. The maximum Gasteiger partial charge on any atom is 0.254 e. The van der Waals surface area contributed by atoms with Gasteiger partial charge in [-0.15, -0.1) is 0 Å². The van der Waals surface area contributed by atoms with E-state index < -0.39 is 5.60 Å². The molecule has 3 nitrogen and oxygen atoms in total. The lowest BCUT2D eigenvalue weighted by molar-refractivity contribution is -0.150. The molecule has 0 saturated heterocycles. The average molecular weight is 201 g/mol. The third-order valence-electron chi connectivity index (χ3n) is 1.97. The summed E-state index contributed by atoms with van der Waals surface area (Å²) in [4.78, 5) is 13.5. The first-order valence-corrected chi connectivity index (χ1v) is 5.19. The second kappa shape index (κ2) is 4.78. The van der Waals surface area contributed by atoms with Crippen molar-refractivity contribution in [2.45, 2.75) is 53.2 Å². The number of rotatable bonds is 4. The van der Waals surface area contributed by atoms with Gasteiger partial charge in [0.15, 0.2) is 0 Å². The van der Waals surface area contributed by atoms with Crippen LogP contribution < -0.4 is 0 Å². The monoisotopic (exact) mass is 201 g/mol. The van der Waals surface area contributed by atoms with Crippen LogP contribution in [-0.2, 0) is 4.79 Å². The van der Waals surface area contributed by atoms with Crippen molar-refractivity contribution in [3.05, 3.63) is 0 Å². The Hall–Kier alpha value is -0.570. The van der Waals surface area contributed by atoms with E-state index in [-0.39, 0.29) is 11.9 Å². The van der Waals surface area contributed by atoms with Crippen molar-refractivity contribution in [2.24, 2.45) is 5.92 Å². The normalized spacial score (nSPS) is 12.4. The molecule has 84 valence electrons. The molecule has 0 spiro atoms. The summed E-state index contributed by atoms with van der Waals surface area (Å²) in [5.74, 6) is 0.227. The summed E-state index contributed by atoms with van der Waals surface area (Å²) in [6, 6.07) is 0.135. The van der Waals surface area contributed by atoms with Crippen LogP contribution in [0.2, 0.25) is 0 Å². The standard InChI is InChI=1S/C11H23NO2/c1-8(2)7-12(9(3)4)10(13)11(5,6)14/h8-9,14H,7H2,1-6H3. The van der Waals surface area contributed by atoms with E-state index in [1.807, 2.05) is 13.8 Å². The molecular formula is C11H23NO2. The third kappa shape index (κ3) is 4.09. The van der Waals surface area contributed by atoms with Crippen LogP contribution in [0.25, 0.3) is 0 Å². The summed E-state index contributed by atoms with van der Waals surface area (Å²) in [7, 11) is 0. The van der Waals surface area contributed by atoms with Crippen LogP contribution in [-0.4, -0.2) is 34.1 Å². The number of nitrogens with zero attached hydrogens (tertiary/aromatic N) is 1. The zero-order valence-corrected chi connectivity index (χ0v) is 10.2. The lowest BCUT2D eigenvalue weighted by atomic mass is 10.1. The molecule has 0 radical (unpaired) electrons.